The molecule has 3 N–H and O–H groups in total. The van der Waals surface area contributed by atoms with E-state index in [2.05, 4.69) is 0 Å². The van der Waals surface area contributed by atoms with Gasteiger partial charge in [-0.1, -0.05) is 18.2 Å². The number of carbonyl (C=O) groups excluding carboxylic acids is 3. The van der Waals surface area contributed by atoms with E-state index in [0.717, 1.165) is 11.3 Å². The van der Waals surface area contributed by atoms with Gasteiger partial charge in [-0.25, -0.2) is 5.84 Å². The van der Waals surface area contributed by atoms with E-state index < -0.39 is 11.8 Å². The van der Waals surface area contributed by atoms with E-state index in [0.29, 0.717) is 32.8 Å². The third kappa shape index (κ3) is 4.45. The van der Waals surface area contributed by atoms with Crippen molar-refractivity contribution in [3.63, 3.8) is 0 Å². The molecular weight excluding hydrogens is 312 g/mol. The van der Waals surface area contributed by atoms with Crippen molar-refractivity contribution < 1.29 is 19.1 Å². The minimum atomic E-state index is -0.846. The average molecular weight is 334 g/mol. The van der Waals surface area contributed by atoms with Crippen LogP contribution in [-0.4, -0.2) is 60.3 Å². The van der Waals surface area contributed by atoms with Crippen LogP contribution in [0.15, 0.2) is 24.3 Å². The standard InChI is InChI=1S/C16H22N4O4/c1-12-4-2-3-5-13(12)24-11-6-14(21)19-7-9-20(10-8-19)16(23)15(22)18-17/h2-5H,6-11,17H2,1H3,(H,18,22). The number of nitrogens with two attached hydrogens (primary N) is 1. The molecular formula is C16H22N4O4. The summed E-state index contributed by atoms with van der Waals surface area (Å²) in [7, 11) is 0. The summed E-state index contributed by atoms with van der Waals surface area (Å²) < 4.78 is 5.62. The fourth-order valence-electron chi connectivity index (χ4n) is 2.49. The Bertz CT molecular complexity index is 612. The molecule has 1 aliphatic heterocycles. The Morgan fingerprint density at radius 3 is 2.38 bits per heavy atom. The largest absolute Gasteiger partial charge is 0.493 e. The summed E-state index contributed by atoms with van der Waals surface area (Å²) in [4.78, 5) is 38.1. The molecule has 8 heteroatoms. The zero-order valence-electron chi connectivity index (χ0n) is 13.7. The number of carbonyl (C=O) groups is 3. The van der Waals surface area contributed by atoms with Crippen LogP contribution in [0, 0.1) is 6.92 Å². The van der Waals surface area contributed by atoms with Gasteiger partial charge in [0.1, 0.15) is 5.75 Å². The summed E-state index contributed by atoms with van der Waals surface area (Å²) in [5.74, 6) is 4.17. The van der Waals surface area contributed by atoms with Crippen LogP contribution in [0.25, 0.3) is 0 Å². The van der Waals surface area contributed by atoms with Gasteiger partial charge < -0.3 is 14.5 Å². The van der Waals surface area contributed by atoms with Crippen LogP contribution < -0.4 is 16.0 Å². The summed E-state index contributed by atoms with van der Waals surface area (Å²) in [5, 5.41) is 0. The number of ether oxygens (including phenoxy) is 1. The minimum absolute atomic E-state index is 0.0287. The number of aryl methyl sites for hydroxylation is 1. The van der Waals surface area contributed by atoms with Crippen LogP contribution in [0.2, 0.25) is 0 Å². The van der Waals surface area contributed by atoms with Crippen molar-refractivity contribution in [1.82, 2.24) is 15.2 Å². The molecule has 1 fully saturated rings. The van der Waals surface area contributed by atoms with Gasteiger partial charge in [0.25, 0.3) is 0 Å². The Hall–Kier alpha value is -2.61. The highest BCUT2D eigenvalue weighted by atomic mass is 16.5. The summed E-state index contributed by atoms with van der Waals surface area (Å²) in [6, 6.07) is 7.63. The highest BCUT2D eigenvalue weighted by molar-refractivity contribution is 6.34. The molecule has 8 nitrogen and oxygen atoms in total. The van der Waals surface area contributed by atoms with E-state index in [1.807, 2.05) is 36.6 Å². The van der Waals surface area contributed by atoms with Gasteiger partial charge in [-0.3, -0.25) is 19.8 Å². The predicted molar refractivity (Wildman–Crippen MR) is 86.8 cm³/mol. The second-order valence-corrected chi connectivity index (χ2v) is 5.51. The second-order valence-electron chi connectivity index (χ2n) is 5.51. The lowest BCUT2D eigenvalue weighted by atomic mass is 10.2. The molecule has 1 aromatic rings. The molecule has 0 saturated carbocycles. The second kappa shape index (κ2) is 8.30. The van der Waals surface area contributed by atoms with Crippen molar-refractivity contribution in [1.29, 1.82) is 0 Å². The zero-order chi connectivity index (χ0) is 17.5. The topological polar surface area (TPSA) is 105 Å². The van der Waals surface area contributed by atoms with Crippen LogP contribution in [0.4, 0.5) is 0 Å². The maximum atomic E-state index is 12.2. The Kier molecular flexibility index (Phi) is 6.14. The first-order chi connectivity index (χ1) is 11.5. The molecule has 3 amide bonds. The lowest BCUT2D eigenvalue weighted by Crippen LogP contribution is -2.54. The molecule has 0 spiro atoms. The number of nitrogens with one attached hydrogen (secondary N) is 1. The SMILES string of the molecule is Cc1ccccc1OCCC(=O)N1CCN(C(=O)C(=O)NN)CC1. The smallest absolute Gasteiger partial charge is 0.323 e. The minimum Gasteiger partial charge on any atom is -0.493 e. The van der Waals surface area contributed by atoms with Gasteiger partial charge in [0.15, 0.2) is 0 Å². The van der Waals surface area contributed by atoms with E-state index >= 15 is 0 Å². The highest BCUT2D eigenvalue weighted by Crippen LogP contribution is 2.16. The maximum Gasteiger partial charge on any atom is 0.323 e. The number of piperazine rings is 1. The number of nitrogens with zero attached hydrogens (tertiary/aromatic N) is 2. The van der Waals surface area contributed by atoms with Gasteiger partial charge in [-0.2, -0.15) is 0 Å². The van der Waals surface area contributed by atoms with Crippen LogP contribution in [-0.2, 0) is 14.4 Å². The molecule has 0 bridgehead atoms. The molecule has 0 aliphatic carbocycles. The predicted octanol–water partition coefficient (Wildman–Crippen LogP) is -0.575. The van der Waals surface area contributed by atoms with Crippen molar-refractivity contribution >= 4 is 17.7 Å². The van der Waals surface area contributed by atoms with Crippen molar-refractivity contribution in [2.75, 3.05) is 32.8 Å². The molecule has 1 aromatic carbocycles. The number of hydrogen-bond donors (Lipinski definition) is 2. The van der Waals surface area contributed by atoms with Gasteiger partial charge in [-0.05, 0) is 18.6 Å². The highest BCUT2D eigenvalue weighted by Gasteiger charge is 2.27. The van der Waals surface area contributed by atoms with Crippen LogP contribution >= 0.6 is 0 Å². The van der Waals surface area contributed by atoms with Crippen molar-refractivity contribution in [2.24, 2.45) is 5.84 Å². The first-order valence-corrected chi connectivity index (χ1v) is 7.79. The molecule has 0 unspecified atom stereocenters. The van der Waals surface area contributed by atoms with E-state index in [-0.39, 0.29) is 12.3 Å². The Morgan fingerprint density at radius 2 is 1.75 bits per heavy atom. The normalized spacial score (nSPS) is 14.2. The molecule has 2 rings (SSSR count). The van der Waals surface area contributed by atoms with Gasteiger partial charge >= 0.3 is 11.8 Å². The van der Waals surface area contributed by atoms with Gasteiger partial charge in [0.2, 0.25) is 5.91 Å². The number of hydrazine groups is 1. The zero-order valence-corrected chi connectivity index (χ0v) is 13.7. The Labute approximate surface area is 140 Å². The van der Waals surface area contributed by atoms with Gasteiger partial charge in [0, 0.05) is 26.2 Å². The molecule has 1 heterocycles. The summed E-state index contributed by atoms with van der Waals surface area (Å²) in [6.45, 7) is 3.68. The van der Waals surface area contributed by atoms with E-state index in [9.17, 15) is 14.4 Å². The van der Waals surface area contributed by atoms with E-state index in [1.165, 1.54) is 4.90 Å². The number of para-hydroxylation sites is 1. The Balaban J connectivity index is 1.74. The fourth-order valence-corrected chi connectivity index (χ4v) is 2.49. The monoisotopic (exact) mass is 334 g/mol. The third-order valence-corrected chi connectivity index (χ3v) is 3.91. The lowest BCUT2D eigenvalue weighted by Gasteiger charge is -2.34. The number of benzene rings is 1. The summed E-state index contributed by atoms with van der Waals surface area (Å²) in [6.07, 6.45) is 0.269. The van der Waals surface area contributed by atoms with E-state index in [1.54, 1.807) is 4.90 Å². The summed E-state index contributed by atoms with van der Waals surface area (Å²) >= 11 is 0. The molecule has 0 atom stereocenters. The maximum absolute atomic E-state index is 12.2. The first-order valence-electron chi connectivity index (χ1n) is 7.79. The summed E-state index contributed by atoms with van der Waals surface area (Å²) in [5.41, 5.74) is 2.84. The van der Waals surface area contributed by atoms with Gasteiger partial charge in [0.05, 0.1) is 13.0 Å². The molecule has 24 heavy (non-hydrogen) atoms. The van der Waals surface area contributed by atoms with Crippen molar-refractivity contribution in [3.8, 4) is 5.75 Å². The first kappa shape index (κ1) is 17.7. The number of amides is 3. The van der Waals surface area contributed by atoms with Gasteiger partial charge in [-0.15, -0.1) is 0 Å². The molecule has 1 aliphatic rings. The quantitative estimate of drug-likeness (QED) is 0.332. The number of hydrogen-bond acceptors (Lipinski definition) is 5. The van der Waals surface area contributed by atoms with Crippen molar-refractivity contribution in [2.45, 2.75) is 13.3 Å². The fraction of sp³-hybridized carbons (Fsp3) is 0.438. The lowest BCUT2D eigenvalue weighted by molar-refractivity contribution is -0.148. The molecule has 0 radical (unpaired) electrons. The Morgan fingerprint density at radius 1 is 1.12 bits per heavy atom. The van der Waals surface area contributed by atoms with Crippen LogP contribution in [0.1, 0.15) is 12.0 Å². The molecule has 1 saturated heterocycles. The van der Waals surface area contributed by atoms with E-state index in [4.69, 9.17) is 10.6 Å². The van der Waals surface area contributed by atoms with Crippen LogP contribution in [0.5, 0.6) is 5.75 Å². The third-order valence-electron chi connectivity index (χ3n) is 3.91. The molecule has 130 valence electrons. The number of rotatable bonds is 4. The average Bonchev–Trinajstić information content (AvgIpc) is 2.62. The van der Waals surface area contributed by atoms with Crippen molar-refractivity contribution in [3.05, 3.63) is 29.8 Å². The van der Waals surface area contributed by atoms with Crippen LogP contribution in [0.3, 0.4) is 0 Å². The molecule has 0 aromatic heterocycles.